The number of nitrogens with zero attached hydrogens (tertiary/aromatic N) is 1. The van der Waals surface area contributed by atoms with Gasteiger partial charge in [-0.3, -0.25) is 0 Å². The molecule has 1 aromatic heterocycles. The molecule has 2 rings (SSSR count). The number of hydrogen-bond donors (Lipinski definition) is 1. The van der Waals surface area contributed by atoms with Gasteiger partial charge in [-0.25, -0.2) is 4.98 Å². The van der Waals surface area contributed by atoms with Gasteiger partial charge in [0.25, 0.3) is 0 Å². The zero-order valence-corrected chi connectivity index (χ0v) is 11.7. The minimum Gasteiger partial charge on any atom is -0.316 e. The van der Waals surface area contributed by atoms with Crippen LogP contribution in [0.15, 0.2) is 23.4 Å². The van der Waals surface area contributed by atoms with Gasteiger partial charge in [0.1, 0.15) is 5.03 Å². The molecule has 0 aliphatic heterocycles. The van der Waals surface area contributed by atoms with Crippen LogP contribution < -0.4 is 5.32 Å². The lowest BCUT2D eigenvalue weighted by Gasteiger charge is -2.24. The molecule has 1 aromatic rings. The van der Waals surface area contributed by atoms with Gasteiger partial charge in [-0.05, 0) is 32.0 Å². The highest BCUT2D eigenvalue weighted by molar-refractivity contribution is 8.00. The molecule has 2 unspecified atom stereocenters. The molecule has 1 saturated carbocycles. The molecule has 1 aliphatic rings. The summed E-state index contributed by atoms with van der Waals surface area (Å²) < 4.78 is 0. The maximum atomic E-state index is 6.17. The third-order valence-corrected chi connectivity index (χ3v) is 5.14. The molecule has 0 spiro atoms. The molecule has 0 bridgehead atoms. The first kappa shape index (κ1) is 13.2. The summed E-state index contributed by atoms with van der Waals surface area (Å²) in [6, 6.07) is 4.39. The minimum atomic E-state index is 0.584. The van der Waals surface area contributed by atoms with E-state index in [1.807, 2.05) is 30.1 Å². The second kappa shape index (κ2) is 6.62. The number of nitrogens with one attached hydrogen (secondary N) is 1. The summed E-state index contributed by atoms with van der Waals surface area (Å²) in [6.45, 7) is 0. The monoisotopic (exact) mass is 270 g/mol. The highest BCUT2D eigenvalue weighted by Gasteiger charge is 2.24. The van der Waals surface area contributed by atoms with Crippen molar-refractivity contribution in [2.75, 3.05) is 7.05 Å². The first-order valence-electron chi connectivity index (χ1n) is 6.25. The number of pyridine rings is 1. The van der Waals surface area contributed by atoms with Gasteiger partial charge in [-0.1, -0.05) is 42.6 Å². The Balaban J connectivity index is 2.07. The van der Waals surface area contributed by atoms with Crippen LogP contribution in [0.5, 0.6) is 0 Å². The average Bonchev–Trinajstić information content (AvgIpc) is 2.57. The molecule has 1 fully saturated rings. The number of thioether (sulfide) groups is 1. The van der Waals surface area contributed by atoms with Crippen molar-refractivity contribution in [1.82, 2.24) is 10.3 Å². The van der Waals surface area contributed by atoms with Gasteiger partial charge in [0.05, 0.1) is 5.02 Å². The van der Waals surface area contributed by atoms with Crippen LogP contribution in [-0.4, -0.2) is 23.3 Å². The van der Waals surface area contributed by atoms with Gasteiger partial charge in [0.2, 0.25) is 0 Å². The largest absolute Gasteiger partial charge is 0.316 e. The van der Waals surface area contributed by atoms with Crippen LogP contribution in [-0.2, 0) is 0 Å². The predicted molar refractivity (Wildman–Crippen MR) is 74.8 cm³/mol. The third-order valence-electron chi connectivity index (χ3n) is 3.31. The van der Waals surface area contributed by atoms with Crippen LogP contribution in [0.3, 0.4) is 0 Å². The second-order valence-corrected chi connectivity index (χ2v) is 6.11. The van der Waals surface area contributed by atoms with Crippen molar-refractivity contribution < 1.29 is 0 Å². The van der Waals surface area contributed by atoms with Crippen molar-refractivity contribution in [2.24, 2.45) is 0 Å². The number of halogens is 1. The molecule has 17 heavy (non-hydrogen) atoms. The minimum absolute atomic E-state index is 0.584. The summed E-state index contributed by atoms with van der Waals surface area (Å²) in [7, 11) is 2.06. The number of hydrogen-bond acceptors (Lipinski definition) is 3. The molecule has 2 nitrogen and oxygen atoms in total. The third kappa shape index (κ3) is 3.60. The lowest BCUT2D eigenvalue weighted by Crippen LogP contribution is -2.34. The fourth-order valence-electron chi connectivity index (χ4n) is 2.35. The molecule has 0 radical (unpaired) electrons. The van der Waals surface area contributed by atoms with Crippen LogP contribution >= 0.6 is 23.4 Å². The highest BCUT2D eigenvalue weighted by Crippen LogP contribution is 2.35. The summed E-state index contributed by atoms with van der Waals surface area (Å²) in [5.41, 5.74) is 0. The van der Waals surface area contributed by atoms with Crippen molar-refractivity contribution in [3.05, 3.63) is 23.4 Å². The summed E-state index contributed by atoms with van der Waals surface area (Å²) in [6.07, 6.45) is 8.34. The van der Waals surface area contributed by atoms with Gasteiger partial charge in [0.15, 0.2) is 0 Å². The van der Waals surface area contributed by atoms with Crippen molar-refractivity contribution in [3.63, 3.8) is 0 Å². The van der Waals surface area contributed by atoms with Crippen LogP contribution in [0.1, 0.15) is 32.1 Å². The molecule has 1 aliphatic carbocycles. The normalized spacial score (nSPS) is 25.5. The molecular weight excluding hydrogens is 252 g/mol. The van der Waals surface area contributed by atoms with Crippen LogP contribution in [0.4, 0.5) is 0 Å². The zero-order chi connectivity index (χ0) is 12.1. The lowest BCUT2D eigenvalue weighted by atomic mass is 10.1. The van der Waals surface area contributed by atoms with E-state index in [1.165, 1.54) is 32.1 Å². The number of rotatable bonds is 3. The van der Waals surface area contributed by atoms with E-state index in [-0.39, 0.29) is 0 Å². The molecule has 0 aromatic carbocycles. The Morgan fingerprint density at radius 1 is 1.35 bits per heavy atom. The number of aromatic nitrogens is 1. The first-order chi connectivity index (χ1) is 8.31. The Hall–Kier alpha value is -0.250. The fraction of sp³-hybridized carbons (Fsp3) is 0.615. The first-order valence-corrected chi connectivity index (χ1v) is 7.51. The molecule has 0 amide bonds. The van der Waals surface area contributed by atoms with Crippen LogP contribution in [0, 0.1) is 0 Å². The van der Waals surface area contributed by atoms with E-state index in [0.717, 1.165) is 10.0 Å². The zero-order valence-electron chi connectivity index (χ0n) is 10.2. The van der Waals surface area contributed by atoms with E-state index in [0.29, 0.717) is 11.3 Å². The second-order valence-electron chi connectivity index (χ2n) is 4.48. The summed E-state index contributed by atoms with van der Waals surface area (Å²) in [5.74, 6) is 0. The molecule has 94 valence electrons. The van der Waals surface area contributed by atoms with Crippen LogP contribution in [0.2, 0.25) is 5.02 Å². The predicted octanol–water partition coefficient (Wildman–Crippen LogP) is 3.75. The maximum Gasteiger partial charge on any atom is 0.115 e. The Kier molecular flexibility index (Phi) is 5.14. The van der Waals surface area contributed by atoms with Crippen molar-refractivity contribution in [3.8, 4) is 0 Å². The van der Waals surface area contributed by atoms with E-state index in [1.54, 1.807) is 0 Å². The van der Waals surface area contributed by atoms with Crippen molar-refractivity contribution >= 4 is 23.4 Å². The molecule has 1 heterocycles. The summed E-state index contributed by atoms with van der Waals surface area (Å²) in [5, 5.41) is 5.78. The molecule has 4 heteroatoms. The lowest BCUT2D eigenvalue weighted by molar-refractivity contribution is 0.510. The Morgan fingerprint density at radius 2 is 2.18 bits per heavy atom. The van der Waals surface area contributed by atoms with E-state index in [2.05, 4.69) is 17.3 Å². The Bertz CT molecular complexity index is 359. The van der Waals surface area contributed by atoms with Crippen LogP contribution in [0.25, 0.3) is 0 Å². The van der Waals surface area contributed by atoms with E-state index in [9.17, 15) is 0 Å². The van der Waals surface area contributed by atoms with Crippen molar-refractivity contribution in [1.29, 1.82) is 0 Å². The smallest absolute Gasteiger partial charge is 0.115 e. The highest BCUT2D eigenvalue weighted by atomic mass is 35.5. The summed E-state index contributed by atoms with van der Waals surface area (Å²) >= 11 is 8.00. The standard InChI is InChI=1S/C13H19ClN2S/c1-15-11-7-3-2-4-8-12(11)17-13-10(14)6-5-9-16-13/h5-6,9,11-12,15H,2-4,7-8H2,1H3. The Morgan fingerprint density at radius 3 is 2.94 bits per heavy atom. The average molecular weight is 271 g/mol. The molecular formula is C13H19ClN2S. The van der Waals surface area contributed by atoms with E-state index in [4.69, 9.17) is 11.6 Å². The van der Waals surface area contributed by atoms with Gasteiger partial charge in [-0.15, -0.1) is 0 Å². The molecule has 2 atom stereocenters. The van der Waals surface area contributed by atoms with Gasteiger partial charge in [0, 0.05) is 17.5 Å². The quantitative estimate of drug-likeness (QED) is 0.847. The van der Waals surface area contributed by atoms with Gasteiger partial charge >= 0.3 is 0 Å². The summed E-state index contributed by atoms with van der Waals surface area (Å²) in [4.78, 5) is 4.37. The van der Waals surface area contributed by atoms with E-state index >= 15 is 0 Å². The van der Waals surface area contributed by atoms with Crippen molar-refractivity contribution in [2.45, 2.75) is 48.4 Å². The van der Waals surface area contributed by atoms with E-state index < -0.39 is 0 Å². The maximum absolute atomic E-state index is 6.17. The van der Waals surface area contributed by atoms with Gasteiger partial charge < -0.3 is 5.32 Å². The fourth-order valence-corrected chi connectivity index (χ4v) is 3.91. The SMILES string of the molecule is CNC1CCCCCC1Sc1ncccc1Cl. The molecule has 1 N–H and O–H groups in total. The van der Waals surface area contributed by atoms with Gasteiger partial charge in [-0.2, -0.15) is 0 Å². The molecule has 0 saturated heterocycles. The Labute approximate surface area is 113 Å². The topological polar surface area (TPSA) is 24.9 Å².